The number of hydrogen-bond donors (Lipinski definition) is 1. The van der Waals surface area contributed by atoms with E-state index in [9.17, 15) is 9.59 Å². The van der Waals surface area contributed by atoms with E-state index in [0.29, 0.717) is 22.4 Å². The number of hydrogen-bond acceptors (Lipinski definition) is 4. The highest BCUT2D eigenvalue weighted by Crippen LogP contribution is 2.22. The molecule has 0 spiro atoms. The minimum atomic E-state index is -0.548. The monoisotopic (exact) mass is 399 g/mol. The zero-order chi connectivity index (χ0) is 20.9. The fourth-order valence-electron chi connectivity index (χ4n) is 3.44. The number of carbonyl (C=O) groups excluding carboxylic acids is 2. The summed E-state index contributed by atoms with van der Waals surface area (Å²) in [6, 6.07) is 24.0. The predicted octanol–water partition coefficient (Wildman–Crippen LogP) is 5.10. The quantitative estimate of drug-likeness (QED) is 0.347. The zero-order valence-electron chi connectivity index (χ0n) is 16.6. The van der Waals surface area contributed by atoms with Crippen molar-refractivity contribution in [2.24, 2.45) is 0 Å². The van der Waals surface area contributed by atoms with Crippen LogP contribution < -0.4 is 4.74 Å². The van der Waals surface area contributed by atoms with Crippen LogP contribution in [0.4, 0.5) is 0 Å². The van der Waals surface area contributed by atoms with Crippen molar-refractivity contribution in [1.29, 1.82) is 0 Å². The first-order chi connectivity index (χ1) is 14.6. The van der Waals surface area contributed by atoms with Gasteiger partial charge in [-0.1, -0.05) is 54.6 Å². The first-order valence-electron chi connectivity index (χ1n) is 9.67. The first kappa shape index (κ1) is 19.5. The smallest absolute Gasteiger partial charge is 0.338 e. The van der Waals surface area contributed by atoms with Gasteiger partial charge in [0.1, 0.15) is 12.4 Å². The maximum atomic E-state index is 12.8. The van der Waals surface area contributed by atoms with Gasteiger partial charge in [0.05, 0.1) is 5.56 Å². The van der Waals surface area contributed by atoms with Crippen molar-refractivity contribution in [3.05, 3.63) is 101 Å². The Morgan fingerprint density at radius 2 is 1.57 bits per heavy atom. The molecule has 0 radical (unpaired) electrons. The van der Waals surface area contributed by atoms with Gasteiger partial charge in [-0.15, -0.1) is 0 Å². The van der Waals surface area contributed by atoms with Crippen molar-refractivity contribution in [3.8, 4) is 5.75 Å². The van der Waals surface area contributed by atoms with Crippen molar-refractivity contribution >= 4 is 22.7 Å². The number of carbonyl (C=O) groups is 2. The van der Waals surface area contributed by atoms with Crippen LogP contribution >= 0.6 is 0 Å². The number of benzene rings is 3. The van der Waals surface area contributed by atoms with Crippen LogP contribution in [-0.2, 0) is 11.3 Å². The van der Waals surface area contributed by atoms with Crippen LogP contribution in [-0.4, -0.2) is 23.3 Å². The Morgan fingerprint density at radius 3 is 2.40 bits per heavy atom. The molecule has 5 nitrogen and oxygen atoms in total. The number of para-hydroxylation sites is 2. The van der Waals surface area contributed by atoms with E-state index in [4.69, 9.17) is 9.47 Å². The Balaban J connectivity index is 1.45. The second-order valence-electron chi connectivity index (χ2n) is 6.93. The van der Waals surface area contributed by atoms with Crippen LogP contribution in [0, 0.1) is 6.92 Å². The van der Waals surface area contributed by atoms with E-state index in [-0.39, 0.29) is 19.0 Å². The number of ketones is 1. The van der Waals surface area contributed by atoms with Crippen LogP contribution in [0.2, 0.25) is 0 Å². The molecule has 0 saturated heterocycles. The summed E-state index contributed by atoms with van der Waals surface area (Å²) in [6.07, 6.45) is 0. The van der Waals surface area contributed by atoms with Gasteiger partial charge < -0.3 is 14.5 Å². The number of aromatic nitrogens is 1. The van der Waals surface area contributed by atoms with Crippen LogP contribution in [0.3, 0.4) is 0 Å². The number of esters is 1. The van der Waals surface area contributed by atoms with Crippen molar-refractivity contribution in [2.75, 3.05) is 6.61 Å². The number of H-pyrrole nitrogens is 1. The lowest BCUT2D eigenvalue weighted by Gasteiger charge is -2.11. The molecule has 0 bridgehead atoms. The lowest BCUT2D eigenvalue weighted by molar-refractivity contribution is 0.0472. The third-order valence-corrected chi connectivity index (χ3v) is 4.88. The van der Waals surface area contributed by atoms with Gasteiger partial charge in [0.15, 0.2) is 6.61 Å². The molecule has 0 amide bonds. The largest absolute Gasteiger partial charge is 0.489 e. The summed E-state index contributed by atoms with van der Waals surface area (Å²) in [5.41, 5.74) is 3.28. The van der Waals surface area contributed by atoms with Crippen molar-refractivity contribution in [2.45, 2.75) is 13.5 Å². The molecular weight excluding hydrogens is 378 g/mol. The summed E-state index contributed by atoms with van der Waals surface area (Å²) in [5, 5.41) is 0.827. The van der Waals surface area contributed by atoms with Gasteiger partial charge in [0.2, 0.25) is 5.78 Å². The van der Waals surface area contributed by atoms with E-state index in [1.54, 1.807) is 12.1 Å². The lowest BCUT2D eigenvalue weighted by atomic mass is 10.1. The Morgan fingerprint density at radius 1 is 0.867 bits per heavy atom. The molecule has 150 valence electrons. The number of aromatic amines is 1. The molecule has 5 heteroatoms. The second kappa shape index (κ2) is 8.66. The summed E-state index contributed by atoms with van der Waals surface area (Å²) < 4.78 is 11.1. The highest BCUT2D eigenvalue weighted by molar-refractivity contribution is 6.10. The molecule has 0 unspecified atom stereocenters. The Hall–Kier alpha value is -3.86. The number of ether oxygens (including phenoxy) is 2. The molecule has 0 aliphatic heterocycles. The fourth-order valence-corrected chi connectivity index (χ4v) is 3.44. The molecule has 0 aliphatic carbocycles. The maximum Gasteiger partial charge on any atom is 0.338 e. The summed E-state index contributed by atoms with van der Waals surface area (Å²) in [6.45, 7) is 1.74. The van der Waals surface area contributed by atoms with E-state index in [1.807, 2.05) is 73.7 Å². The molecule has 1 aromatic heterocycles. The maximum absolute atomic E-state index is 12.8. The van der Waals surface area contributed by atoms with Gasteiger partial charge in [0, 0.05) is 27.7 Å². The molecule has 0 atom stereocenters. The third kappa shape index (κ3) is 4.10. The van der Waals surface area contributed by atoms with E-state index in [0.717, 1.165) is 16.6 Å². The minimum Gasteiger partial charge on any atom is -0.489 e. The fraction of sp³-hybridized carbons (Fsp3) is 0.120. The van der Waals surface area contributed by atoms with Crippen molar-refractivity contribution < 1.29 is 19.1 Å². The van der Waals surface area contributed by atoms with E-state index in [2.05, 4.69) is 4.98 Å². The van der Waals surface area contributed by atoms with Crippen LogP contribution in [0.25, 0.3) is 10.9 Å². The van der Waals surface area contributed by atoms with Crippen LogP contribution in [0.5, 0.6) is 5.75 Å². The van der Waals surface area contributed by atoms with Gasteiger partial charge in [-0.05, 0) is 31.2 Å². The van der Waals surface area contributed by atoms with Gasteiger partial charge >= 0.3 is 5.97 Å². The number of nitrogens with one attached hydrogen (secondary N) is 1. The number of fused-ring (bicyclic) bond motifs is 1. The molecule has 1 heterocycles. The van der Waals surface area contributed by atoms with Crippen molar-refractivity contribution in [3.63, 3.8) is 0 Å². The molecule has 30 heavy (non-hydrogen) atoms. The summed E-state index contributed by atoms with van der Waals surface area (Å²) in [5.74, 6) is -0.0740. The molecule has 0 fully saturated rings. The zero-order valence-corrected chi connectivity index (χ0v) is 16.6. The lowest BCUT2D eigenvalue weighted by Crippen LogP contribution is -2.16. The summed E-state index contributed by atoms with van der Waals surface area (Å²) >= 11 is 0. The topological polar surface area (TPSA) is 68.4 Å². The number of aryl methyl sites for hydroxylation is 1. The first-order valence-corrected chi connectivity index (χ1v) is 9.67. The third-order valence-electron chi connectivity index (χ3n) is 4.88. The van der Waals surface area contributed by atoms with Crippen molar-refractivity contribution in [1.82, 2.24) is 4.98 Å². The van der Waals surface area contributed by atoms with Gasteiger partial charge in [-0.2, -0.15) is 0 Å². The Labute approximate surface area is 174 Å². The van der Waals surface area contributed by atoms with Gasteiger partial charge in [0.25, 0.3) is 0 Å². The molecule has 0 aliphatic rings. The highest BCUT2D eigenvalue weighted by atomic mass is 16.5. The van der Waals surface area contributed by atoms with E-state index in [1.165, 1.54) is 0 Å². The normalized spacial score (nSPS) is 10.7. The standard InChI is InChI=1S/C25H21NO4/c1-17-24(21-13-7-8-14-22(21)26-17)23(27)16-30-25(28)20-12-6-5-9-18(20)15-29-19-10-3-2-4-11-19/h2-14,26H,15-16H2,1H3. The van der Waals surface area contributed by atoms with Crippen LogP contribution in [0.1, 0.15) is 32.0 Å². The molecular formula is C25H21NO4. The molecule has 1 N–H and O–H groups in total. The summed E-state index contributed by atoms with van der Waals surface area (Å²) in [4.78, 5) is 28.6. The molecule has 0 saturated carbocycles. The van der Waals surface area contributed by atoms with Crippen LogP contribution in [0.15, 0.2) is 78.9 Å². The Kier molecular flexibility index (Phi) is 5.61. The predicted molar refractivity (Wildman–Crippen MR) is 115 cm³/mol. The highest BCUT2D eigenvalue weighted by Gasteiger charge is 2.19. The summed E-state index contributed by atoms with van der Waals surface area (Å²) in [7, 11) is 0. The average Bonchev–Trinajstić information content (AvgIpc) is 3.12. The van der Waals surface area contributed by atoms with E-state index < -0.39 is 5.97 Å². The van der Waals surface area contributed by atoms with Gasteiger partial charge in [-0.3, -0.25) is 4.79 Å². The number of rotatable bonds is 7. The Bertz CT molecular complexity index is 1190. The molecule has 4 rings (SSSR count). The van der Waals surface area contributed by atoms with Gasteiger partial charge in [-0.25, -0.2) is 4.79 Å². The SMILES string of the molecule is Cc1[nH]c2ccccc2c1C(=O)COC(=O)c1ccccc1COc1ccccc1. The average molecular weight is 399 g/mol. The van der Waals surface area contributed by atoms with E-state index >= 15 is 0 Å². The second-order valence-corrected chi connectivity index (χ2v) is 6.93. The number of Topliss-reactive ketones (excluding diaryl/α,β-unsaturated/α-hetero) is 1. The molecule has 4 aromatic rings. The minimum absolute atomic E-state index is 0.227. The molecule has 3 aromatic carbocycles.